The number of amides is 1. The molecular weight excluding hydrogens is 413 g/mol. The number of rotatable bonds is 3. The van der Waals surface area contributed by atoms with Crippen LogP contribution in [0.1, 0.15) is 35.7 Å². The molecule has 2 atom stereocenters. The van der Waals surface area contributed by atoms with E-state index < -0.39 is 0 Å². The lowest BCUT2D eigenvalue weighted by molar-refractivity contribution is 0.0564. The molecule has 1 aliphatic heterocycles. The van der Waals surface area contributed by atoms with Crippen molar-refractivity contribution < 1.29 is 4.79 Å². The Balaban J connectivity index is 2.03. The molecular formula is C19H24IN3O. The van der Waals surface area contributed by atoms with Crippen LogP contribution >= 0.6 is 22.6 Å². The number of carbonyl (C=O) groups excluding carboxylic acids is 1. The van der Waals surface area contributed by atoms with Crippen LogP contribution in [0.5, 0.6) is 0 Å². The standard InChI is InChI=1S/C19H24IN3O/c1-13-6-7-15(17-8-9-21-22(17)3)16(11-13)19(24)23-10-4-5-14(2)18(23)12-20/h6-9,11,14,18H,4-5,10,12H2,1-3H3/t14-,18-/m1/s1. The molecule has 24 heavy (non-hydrogen) atoms. The van der Waals surface area contributed by atoms with E-state index in [-0.39, 0.29) is 5.91 Å². The highest BCUT2D eigenvalue weighted by atomic mass is 127. The van der Waals surface area contributed by atoms with E-state index in [1.54, 1.807) is 6.20 Å². The fourth-order valence-electron chi connectivity index (χ4n) is 3.59. The quantitative estimate of drug-likeness (QED) is 0.537. The maximum Gasteiger partial charge on any atom is 0.254 e. The number of aryl methyl sites for hydroxylation is 2. The number of likely N-dealkylation sites (tertiary alicyclic amines) is 1. The highest BCUT2D eigenvalue weighted by molar-refractivity contribution is 14.1. The van der Waals surface area contributed by atoms with Crippen LogP contribution in [0.3, 0.4) is 0 Å². The van der Waals surface area contributed by atoms with Gasteiger partial charge in [0.25, 0.3) is 5.91 Å². The van der Waals surface area contributed by atoms with Crippen molar-refractivity contribution in [3.05, 3.63) is 41.6 Å². The lowest BCUT2D eigenvalue weighted by Gasteiger charge is -2.39. The number of piperidine rings is 1. The highest BCUT2D eigenvalue weighted by Gasteiger charge is 2.32. The minimum atomic E-state index is 0.156. The average molecular weight is 437 g/mol. The second-order valence-electron chi connectivity index (χ2n) is 6.73. The Kier molecular flexibility index (Phi) is 5.27. The number of carbonyl (C=O) groups is 1. The SMILES string of the molecule is Cc1ccc(-c2ccnn2C)c(C(=O)N2CCC[C@@H](C)[C@H]2CI)c1. The predicted molar refractivity (Wildman–Crippen MR) is 105 cm³/mol. The van der Waals surface area contributed by atoms with Crippen LogP contribution in [0, 0.1) is 12.8 Å². The molecule has 0 aliphatic carbocycles. The summed E-state index contributed by atoms with van der Waals surface area (Å²) in [7, 11) is 1.92. The second-order valence-corrected chi connectivity index (χ2v) is 7.61. The first-order valence-corrected chi connectivity index (χ1v) is 10.0. The normalized spacial score (nSPS) is 21.1. The van der Waals surface area contributed by atoms with E-state index in [4.69, 9.17) is 0 Å². The summed E-state index contributed by atoms with van der Waals surface area (Å²) in [4.78, 5) is 15.5. The van der Waals surface area contributed by atoms with Crippen LogP contribution < -0.4 is 0 Å². The first kappa shape index (κ1) is 17.5. The van der Waals surface area contributed by atoms with E-state index in [0.29, 0.717) is 12.0 Å². The van der Waals surface area contributed by atoms with Crippen molar-refractivity contribution in [2.75, 3.05) is 11.0 Å². The van der Waals surface area contributed by atoms with E-state index in [1.807, 2.05) is 36.9 Å². The lowest BCUT2D eigenvalue weighted by Crippen LogP contribution is -2.48. The zero-order chi connectivity index (χ0) is 17.3. The smallest absolute Gasteiger partial charge is 0.254 e. The molecule has 0 radical (unpaired) electrons. The molecule has 1 amide bonds. The van der Waals surface area contributed by atoms with Gasteiger partial charge in [0.05, 0.1) is 5.69 Å². The molecule has 5 heteroatoms. The van der Waals surface area contributed by atoms with Gasteiger partial charge in [-0.3, -0.25) is 9.48 Å². The maximum absolute atomic E-state index is 13.4. The van der Waals surface area contributed by atoms with Crippen molar-refractivity contribution in [1.82, 2.24) is 14.7 Å². The summed E-state index contributed by atoms with van der Waals surface area (Å²) < 4.78 is 2.81. The summed E-state index contributed by atoms with van der Waals surface area (Å²) in [5.74, 6) is 0.715. The number of hydrogen-bond acceptors (Lipinski definition) is 2. The number of aromatic nitrogens is 2. The molecule has 2 aromatic rings. The van der Waals surface area contributed by atoms with Crippen LogP contribution in [0.25, 0.3) is 11.3 Å². The van der Waals surface area contributed by atoms with E-state index >= 15 is 0 Å². The molecule has 1 aromatic heterocycles. The highest BCUT2D eigenvalue weighted by Crippen LogP contribution is 2.30. The van der Waals surface area contributed by atoms with Gasteiger partial charge >= 0.3 is 0 Å². The van der Waals surface area contributed by atoms with Gasteiger partial charge in [-0.15, -0.1) is 0 Å². The van der Waals surface area contributed by atoms with Crippen molar-refractivity contribution in [3.8, 4) is 11.3 Å². The van der Waals surface area contributed by atoms with Crippen LogP contribution in [0.2, 0.25) is 0 Å². The Hall–Kier alpha value is -1.37. The Labute approximate surface area is 157 Å². The fraction of sp³-hybridized carbons (Fsp3) is 0.474. The predicted octanol–water partition coefficient (Wildman–Crippen LogP) is 4.07. The van der Waals surface area contributed by atoms with Gasteiger partial charge in [0.2, 0.25) is 0 Å². The van der Waals surface area contributed by atoms with Crippen molar-refractivity contribution in [2.24, 2.45) is 13.0 Å². The largest absolute Gasteiger partial charge is 0.335 e. The molecule has 1 saturated heterocycles. The minimum Gasteiger partial charge on any atom is -0.335 e. The van der Waals surface area contributed by atoms with Crippen molar-refractivity contribution >= 4 is 28.5 Å². The van der Waals surface area contributed by atoms with Gasteiger partial charge in [-0.1, -0.05) is 47.2 Å². The van der Waals surface area contributed by atoms with Crippen LogP contribution in [0.4, 0.5) is 0 Å². The van der Waals surface area contributed by atoms with Gasteiger partial charge in [0, 0.05) is 41.4 Å². The fourth-order valence-corrected chi connectivity index (χ4v) is 4.93. The summed E-state index contributed by atoms with van der Waals surface area (Å²) >= 11 is 2.41. The summed E-state index contributed by atoms with van der Waals surface area (Å²) in [6.07, 6.45) is 4.08. The maximum atomic E-state index is 13.4. The van der Waals surface area contributed by atoms with Gasteiger partial charge in [-0.25, -0.2) is 0 Å². The average Bonchev–Trinajstić information content (AvgIpc) is 2.99. The molecule has 4 nitrogen and oxygen atoms in total. The first-order chi connectivity index (χ1) is 11.5. The van der Waals surface area contributed by atoms with E-state index in [1.165, 1.54) is 6.42 Å². The summed E-state index contributed by atoms with van der Waals surface area (Å²) in [6.45, 7) is 5.16. The molecule has 128 valence electrons. The molecule has 0 bridgehead atoms. The van der Waals surface area contributed by atoms with Gasteiger partial charge in [0.1, 0.15) is 0 Å². The molecule has 1 aliphatic rings. The third kappa shape index (κ3) is 3.23. The van der Waals surface area contributed by atoms with Gasteiger partial charge in [-0.05, 0) is 37.8 Å². The third-order valence-electron chi connectivity index (χ3n) is 5.04. The second kappa shape index (κ2) is 7.25. The molecule has 0 spiro atoms. The number of halogens is 1. The Morgan fingerprint density at radius 3 is 2.83 bits per heavy atom. The monoisotopic (exact) mass is 437 g/mol. The Bertz CT molecular complexity index is 740. The van der Waals surface area contributed by atoms with Gasteiger partial charge < -0.3 is 4.90 Å². The molecule has 1 fully saturated rings. The Morgan fingerprint density at radius 1 is 1.38 bits per heavy atom. The number of benzene rings is 1. The molecule has 3 rings (SSSR count). The Morgan fingerprint density at radius 2 is 2.17 bits per heavy atom. The topological polar surface area (TPSA) is 38.1 Å². The van der Waals surface area contributed by atoms with E-state index in [9.17, 15) is 4.79 Å². The van der Waals surface area contributed by atoms with Crippen molar-refractivity contribution in [1.29, 1.82) is 0 Å². The zero-order valence-corrected chi connectivity index (χ0v) is 16.7. The van der Waals surface area contributed by atoms with Crippen molar-refractivity contribution in [2.45, 2.75) is 32.7 Å². The molecule has 0 N–H and O–H groups in total. The molecule has 1 aromatic carbocycles. The summed E-state index contributed by atoms with van der Waals surface area (Å²) in [5.41, 5.74) is 3.85. The van der Waals surface area contributed by atoms with Gasteiger partial charge in [0.15, 0.2) is 0 Å². The summed E-state index contributed by atoms with van der Waals surface area (Å²) in [6, 6.07) is 8.43. The van der Waals surface area contributed by atoms with Crippen LogP contribution in [0.15, 0.2) is 30.5 Å². The lowest BCUT2D eigenvalue weighted by atomic mass is 9.90. The number of hydrogen-bond donors (Lipinski definition) is 0. The minimum absolute atomic E-state index is 0.156. The number of nitrogens with zero attached hydrogens (tertiary/aromatic N) is 3. The van der Waals surface area contributed by atoms with E-state index in [0.717, 1.165) is 39.8 Å². The van der Waals surface area contributed by atoms with Crippen LogP contribution in [-0.4, -0.2) is 37.6 Å². The van der Waals surface area contributed by atoms with E-state index in [2.05, 4.69) is 45.6 Å². The molecule has 0 unspecified atom stereocenters. The molecule has 2 heterocycles. The summed E-state index contributed by atoms with van der Waals surface area (Å²) in [5, 5.41) is 4.26. The van der Waals surface area contributed by atoms with Crippen LogP contribution in [-0.2, 0) is 7.05 Å². The number of alkyl halides is 1. The molecule has 0 saturated carbocycles. The first-order valence-electron chi connectivity index (χ1n) is 8.49. The zero-order valence-electron chi connectivity index (χ0n) is 14.5. The van der Waals surface area contributed by atoms with Crippen molar-refractivity contribution in [3.63, 3.8) is 0 Å². The third-order valence-corrected chi connectivity index (χ3v) is 5.94. The van der Waals surface area contributed by atoms with Gasteiger partial charge in [-0.2, -0.15) is 5.10 Å².